The van der Waals surface area contributed by atoms with Gasteiger partial charge in [-0.25, -0.2) is 4.79 Å². The summed E-state index contributed by atoms with van der Waals surface area (Å²) < 4.78 is 6.82. The first kappa shape index (κ1) is 28.0. The topological polar surface area (TPSA) is 114 Å². The molecule has 0 aliphatic rings. The van der Waals surface area contributed by atoms with Crippen molar-refractivity contribution in [3.63, 3.8) is 0 Å². The van der Waals surface area contributed by atoms with E-state index in [1.54, 1.807) is 54.6 Å². The van der Waals surface area contributed by atoms with E-state index in [0.717, 1.165) is 9.13 Å². The molecule has 3 rings (SSSR count). The van der Waals surface area contributed by atoms with Crippen LogP contribution in [0.4, 0.5) is 21.9 Å². The number of amides is 2. The number of anilines is 3. The van der Waals surface area contributed by atoms with Crippen molar-refractivity contribution in [3.05, 3.63) is 93.6 Å². The van der Waals surface area contributed by atoms with E-state index in [-0.39, 0.29) is 11.7 Å². The Morgan fingerprint density at radius 3 is 2.49 bits per heavy atom. The van der Waals surface area contributed by atoms with Gasteiger partial charge in [-0.15, -0.1) is 0 Å². The van der Waals surface area contributed by atoms with Gasteiger partial charge in [0, 0.05) is 20.2 Å². The summed E-state index contributed by atoms with van der Waals surface area (Å²) in [6.45, 7) is 5.90. The number of hydrogen-bond acceptors (Lipinski definition) is 5. The molecule has 5 N–H and O–H groups in total. The molecule has 0 unspecified atom stereocenters. The molecular weight excluding hydrogens is 581 g/mol. The zero-order valence-corrected chi connectivity index (χ0v) is 23.3. The maximum absolute atomic E-state index is 12.9. The number of allylic oxidation sites excluding steroid dienone is 1. The van der Waals surface area contributed by atoms with Gasteiger partial charge < -0.3 is 20.9 Å². The van der Waals surface area contributed by atoms with Gasteiger partial charge in [-0.3, -0.25) is 10.1 Å². The van der Waals surface area contributed by atoms with Crippen LogP contribution >= 0.6 is 22.6 Å². The Balaban J connectivity index is 1.71. The molecule has 7 nitrogen and oxygen atoms in total. The number of phenolic OH excluding ortho intramolecular Hbond substituents is 1. The summed E-state index contributed by atoms with van der Waals surface area (Å²) in [5.74, 6) is -0.228. The van der Waals surface area contributed by atoms with Gasteiger partial charge in [0.25, 0.3) is 0 Å². The van der Waals surface area contributed by atoms with Crippen molar-refractivity contribution in [3.8, 4) is 5.75 Å². The summed E-state index contributed by atoms with van der Waals surface area (Å²) in [6.07, 6.45) is 3.01. The van der Waals surface area contributed by atoms with Gasteiger partial charge >= 0.3 is 6.09 Å². The zero-order chi connectivity index (χ0) is 27.0. The van der Waals surface area contributed by atoms with E-state index in [9.17, 15) is 14.7 Å². The third kappa shape index (κ3) is 8.24. The Hall–Kier alpha value is -3.53. The summed E-state index contributed by atoms with van der Waals surface area (Å²) in [6, 6.07) is 19.7. The number of halogens is 1. The van der Waals surface area contributed by atoms with Crippen LogP contribution in [-0.2, 0) is 9.53 Å². The molecule has 37 heavy (non-hydrogen) atoms. The van der Waals surface area contributed by atoms with E-state index in [2.05, 4.69) is 33.2 Å². The van der Waals surface area contributed by atoms with Gasteiger partial charge in [-0.2, -0.15) is 0 Å². The average molecular weight is 613 g/mol. The number of carbonyl (C=O) groups excluding carboxylic acids is 2. The van der Waals surface area contributed by atoms with Crippen LogP contribution < -0.4 is 16.4 Å². The summed E-state index contributed by atoms with van der Waals surface area (Å²) in [4.78, 5) is 25.2. The van der Waals surface area contributed by atoms with Crippen LogP contribution in [-0.4, -0.2) is 17.1 Å². The van der Waals surface area contributed by atoms with Gasteiger partial charge in [-0.1, -0.05) is 49.8 Å². The van der Waals surface area contributed by atoms with E-state index in [1.807, 2.05) is 39.0 Å². The second-order valence-corrected chi connectivity index (χ2v) is 10.7. The quantitative estimate of drug-likeness (QED) is 0.116. The number of phenols is 1. The smallest absolute Gasteiger partial charge is 0.412 e. The minimum atomic E-state index is -0.737. The Bertz CT molecular complexity index is 1270. The number of ether oxygens (including phenoxy) is 1. The Morgan fingerprint density at radius 1 is 1.08 bits per heavy atom. The molecule has 0 heterocycles. The van der Waals surface area contributed by atoms with Crippen molar-refractivity contribution in [2.75, 3.05) is 16.4 Å². The van der Waals surface area contributed by atoms with Crippen LogP contribution in [0.15, 0.2) is 78.9 Å². The molecule has 2 amide bonds. The molecule has 0 radical (unpaired) electrons. The van der Waals surface area contributed by atoms with Crippen molar-refractivity contribution in [2.24, 2.45) is 5.41 Å². The highest BCUT2D eigenvalue weighted by molar-refractivity contribution is 14.1. The molecular formula is C29H32IN3O4. The highest BCUT2D eigenvalue weighted by atomic mass is 127. The van der Waals surface area contributed by atoms with Crippen LogP contribution in [0.1, 0.15) is 43.9 Å². The number of nitrogens with two attached hydrogens (primary N) is 1. The first-order valence-corrected chi connectivity index (χ1v) is 13.0. The third-order valence-electron chi connectivity index (χ3n) is 5.95. The number of aromatic hydroxyl groups is 1. The fraction of sp³-hybridized carbons (Fsp3) is 0.241. The molecule has 0 saturated carbocycles. The summed E-state index contributed by atoms with van der Waals surface area (Å²) in [5, 5.41) is 16.1. The number of benzene rings is 3. The lowest BCUT2D eigenvalue weighted by Gasteiger charge is -2.34. The summed E-state index contributed by atoms with van der Waals surface area (Å²) >= 11 is 2.16. The lowest BCUT2D eigenvalue weighted by atomic mass is 9.78. The summed E-state index contributed by atoms with van der Waals surface area (Å²) in [5.41, 5.74) is 8.58. The van der Waals surface area contributed by atoms with E-state index < -0.39 is 17.6 Å². The number of nitrogens with one attached hydrogen (secondary N) is 2. The molecule has 0 spiro atoms. The summed E-state index contributed by atoms with van der Waals surface area (Å²) in [7, 11) is 0. The lowest BCUT2D eigenvalue weighted by molar-refractivity contribution is -0.111. The molecule has 8 heteroatoms. The lowest BCUT2D eigenvalue weighted by Crippen LogP contribution is -2.29. The predicted molar refractivity (Wildman–Crippen MR) is 156 cm³/mol. The number of rotatable bonds is 9. The highest BCUT2D eigenvalue weighted by Crippen LogP contribution is 2.44. The van der Waals surface area contributed by atoms with Crippen LogP contribution in [0.25, 0.3) is 0 Å². The minimum absolute atomic E-state index is 0.0528. The Morgan fingerprint density at radius 2 is 1.78 bits per heavy atom. The Labute approximate surface area is 231 Å². The molecule has 0 fully saturated rings. The largest absolute Gasteiger partial charge is 0.508 e. The molecule has 194 valence electrons. The Kier molecular flexibility index (Phi) is 9.57. The maximum Gasteiger partial charge on any atom is 0.412 e. The van der Waals surface area contributed by atoms with E-state index in [0.29, 0.717) is 35.5 Å². The second-order valence-electron chi connectivity index (χ2n) is 9.49. The maximum atomic E-state index is 12.9. The number of hydrogen-bond donors (Lipinski definition) is 4. The number of nitrogen functional groups attached to an aromatic ring is 1. The standard InChI is InChI=1S/C29H32IN3O4/c1-19-11-14-21(15-12-19)32-28(36)37-27(22-18-20(30)13-16-25(22)34)29(2,3)17-7-6-10-26(35)33-24-9-5-4-8-23(24)31/h4-6,8-16,18,27,34H,7,17,31H2,1-3H3,(H,32,36)(H,33,35)/b10-6+/t27-/m0/s1. The van der Waals surface area contributed by atoms with Gasteiger partial charge in [0.2, 0.25) is 5.91 Å². The van der Waals surface area contributed by atoms with Gasteiger partial charge in [0.1, 0.15) is 11.9 Å². The minimum Gasteiger partial charge on any atom is -0.508 e. The first-order valence-electron chi connectivity index (χ1n) is 11.9. The van der Waals surface area contributed by atoms with Crippen molar-refractivity contribution < 1.29 is 19.4 Å². The SMILES string of the molecule is Cc1ccc(NC(=O)O[C@@H](c2cc(I)ccc2O)C(C)(C)CC/C=C/C(=O)Nc2ccccc2N)cc1. The van der Waals surface area contributed by atoms with Gasteiger partial charge in [-0.05, 0) is 90.9 Å². The van der Waals surface area contributed by atoms with E-state index >= 15 is 0 Å². The molecule has 3 aromatic carbocycles. The van der Waals surface area contributed by atoms with Crippen LogP contribution in [0, 0.1) is 15.9 Å². The first-order chi connectivity index (χ1) is 17.5. The molecule has 1 atom stereocenters. The van der Waals surface area contributed by atoms with Crippen molar-refractivity contribution in [1.29, 1.82) is 0 Å². The van der Waals surface area contributed by atoms with Crippen LogP contribution in [0.3, 0.4) is 0 Å². The van der Waals surface area contributed by atoms with Crippen molar-refractivity contribution in [1.82, 2.24) is 0 Å². The van der Waals surface area contributed by atoms with Gasteiger partial charge in [0.15, 0.2) is 0 Å². The predicted octanol–water partition coefficient (Wildman–Crippen LogP) is 7.18. The normalized spacial score (nSPS) is 12.2. The zero-order valence-electron chi connectivity index (χ0n) is 21.1. The molecule has 0 aliphatic carbocycles. The van der Waals surface area contributed by atoms with E-state index in [4.69, 9.17) is 10.5 Å². The van der Waals surface area contributed by atoms with Crippen LogP contribution in [0.5, 0.6) is 5.75 Å². The molecule has 0 aromatic heterocycles. The number of aryl methyl sites for hydroxylation is 1. The van der Waals surface area contributed by atoms with Crippen molar-refractivity contribution >= 4 is 51.7 Å². The van der Waals surface area contributed by atoms with Crippen LogP contribution in [0.2, 0.25) is 0 Å². The van der Waals surface area contributed by atoms with Gasteiger partial charge in [0.05, 0.1) is 11.4 Å². The molecule has 0 aliphatic heterocycles. The van der Waals surface area contributed by atoms with Crippen molar-refractivity contribution in [2.45, 2.75) is 39.7 Å². The highest BCUT2D eigenvalue weighted by Gasteiger charge is 2.35. The second kappa shape index (κ2) is 12.6. The molecule has 0 bridgehead atoms. The number of carbonyl (C=O) groups is 2. The average Bonchev–Trinajstić information content (AvgIpc) is 2.85. The fourth-order valence-corrected chi connectivity index (χ4v) is 4.35. The van der Waals surface area contributed by atoms with E-state index in [1.165, 1.54) is 6.08 Å². The molecule has 3 aromatic rings. The monoisotopic (exact) mass is 613 g/mol. The number of para-hydroxylation sites is 2. The fourth-order valence-electron chi connectivity index (χ4n) is 3.83. The molecule has 0 saturated heterocycles. The third-order valence-corrected chi connectivity index (χ3v) is 6.62.